The first-order chi connectivity index (χ1) is 9.45. The lowest BCUT2D eigenvalue weighted by molar-refractivity contribution is 0.0698. The summed E-state index contributed by atoms with van der Waals surface area (Å²) in [6.07, 6.45) is 2.92. The highest BCUT2D eigenvalue weighted by Crippen LogP contribution is 2.31. The fourth-order valence-electron chi connectivity index (χ4n) is 2.67. The van der Waals surface area contributed by atoms with Crippen molar-refractivity contribution in [2.45, 2.75) is 39.7 Å². The molecule has 0 atom stereocenters. The van der Waals surface area contributed by atoms with Crippen LogP contribution in [0.5, 0.6) is 0 Å². The average molecular weight is 274 g/mol. The number of rotatable bonds is 5. The monoisotopic (exact) mass is 274 g/mol. The van der Waals surface area contributed by atoms with Gasteiger partial charge in [0.25, 0.3) is 0 Å². The van der Waals surface area contributed by atoms with Gasteiger partial charge in [0.15, 0.2) is 0 Å². The predicted octanol–water partition coefficient (Wildman–Crippen LogP) is 3.12. The Hall–Kier alpha value is -1.81. The van der Waals surface area contributed by atoms with Gasteiger partial charge in [0, 0.05) is 18.1 Å². The van der Waals surface area contributed by atoms with Crippen LogP contribution in [0.1, 0.15) is 47.7 Å². The van der Waals surface area contributed by atoms with Crippen molar-refractivity contribution in [3.8, 4) is 0 Å². The topological polar surface area (TPSA) is 68.2 Å². The minimum Gasteiger partial charge on any atom is -0.478 e. The van der Waals surface area contributed by atoms with Crippen LogP contribution in [0, 0.1) is 6.92 Å². The zero-order valence-corrected chi connectivity index (χ0v) is 12.3. The average Bonchev–Trinajstić information content (AvgIpc) is 2.73. The molecule has 0 aliphatic rings. The number of hydrogen-bond donors (Lipinski definition) is 2. The van der Waals surface area contributed by atoms with Crippen molar-refractivity contribution in [3.63, 3.8) is 0 Å². The molecule has 0 fully saturated rings. The largest absolute Gasteiger partial charge is 0.478 e. The lowest BCUT2D eigenvalue weighted by Gasteiger charge is -2.08. The van der Waals surface area contributed by atoms with Gasteiger partial charge in [-0.3, -0.25) is 0 Å². The minimum absolute atomic E-state index is 0.361. The van der Waals surface area contributed by atoms with Gasteiger partial charge in [0.05, 0.1) is 11.1 Å². The Bertz CT molecular complexity index is 641. The van der Waals surface area contributed by atoms with Crippen LogP contribution in [0.15, 0.2) is 18.3 Å². The van der Waals surface area contributed by atoms with Crippen LogP contribution in [0.3, 0.4) is 0 Å². The number of aromatic nitrogens is 1. The van der Waals surface area contributed by atoms with Gasteiger partial charge in [-0.2, -0.15) is 0 Å². The van der Waals surface area contributed by atoms with E-state index in [2.05, 4.69) is 26.1 Å². The first-order valence-electron chi connectivity index (χ1n) is 7.02. The standard InChI is InChI=1S/C16H22N2O2/c1-10(2)14-9-18(6-4-5-17)15-12(14)7-11(3)8-13(15)16(19)20/h7-10H,4-6,17H2,1-3H3,(H,19,20). The molecular weight excluding hydrogens is 252 g/mol. The molecule has 1 heterocycles. The van der Waals surface area contributed by atoms with Gasteiger partial charge in [0.2, 0.25) is 0 Å². The van der Waals surface area contributed by atoms with Crippen molar-refractivity contribution in [3.05, 3.63) is 35.0 Å². The second-order valence-corrected chi connectivity index (χ2v) is 5.59. The molecule has 3 N–H and O–H groups in total. The number of carboxylic acids is 1. The maximum Gasteiger partial charge on any atom is 0.337 e. The van der Waals surface area contributed by atoms with E-state index in [0.29, 0.717) is 18.0 Å². The quantitative estimate of drug-likeness (QED) is 0.880. The van der Waals surface area contributed by atoms with Crippen LogP contribution in [-0.4, -0.2) is 22.2 Å². The van der Waals surface area contributed by atoms with E-state index in [1.807, 2.05) is 11.5 Å². The number of benzene rings is 1. The van der Waals surface area contributed by atoms with Crippen molar-refractivity contribution < 1.29 is 9.90 Å². The molecular formula is C16H22N2O2. The number of aromatic carboxylic acids is 1. The third-order valence-corrected chi connectivity index (χ3v) is 3.60. The van der Waals surface area contributed by atoms with Gasteiger partial charge in [-0.25, -0.2) is 4.79 Å². The molecule has 4 nitrogen and oxygen atoms in total. The molecule has 0 saturated heterocycles. The number of nitrogens with two attached hydrogens (primary N) is 1. The molecule has 0 radical (unpaired) electrons. The Kier molecular flexibility index (Phi) is 4.14. The van der Waals surface area contributed by atoms with Gasteiger partial charge in [-0.15, -0.1) is 0 Å². The zero-order valence-electron chi connectivity index (χ0n) is 12.3. The Balaban J connectivity index is 2.75. The zero-order chi connectivity index (χ0) is 14.9. The molecule has 2 rings (SSSR count). The fraction of sp³-hybridized carbons (Fsp3) is 0.438. The van der Waals surface area contributed by atoms with Gasteiger partial charge in [-0.05, 0) is 49.1 Å². The second kappa shape index (κ2) is 5.67. The van der Waals surface area contributed by atoms with Crippen LogP contribution in [0.25, 0.3) is 10.9 Å². The first-order valence-corrected chi connectivity index (χ1v) is 7.02. The molecule has 0 saturated carbocycles. The van der Waals surface area contributed by atoms with Gasteiger partial charge < -0.3 is 15.4 Å². The van der Waals surface area contributed by atoms with E-state index >= 15 is 0 Å². The van der Waals surface area contributed by atoms with Crippen molar-refractivity contribution in [1.82, 2.24) is 4.57 Å². The first kappa shape index (κ1) is 14.6. The van der Waals surface area contributed by atoms with Crippen molar-refractivity contribution >= 4 is 16.9 Å². The Labute approximate surface area is 119 Å². The van der Waals surface area contributed by atoms with Crippen LogP contribution in [0.2, 0.25) is 0 Å². The minimum atomic E-state index is -0.874. The molecule has 0 bridgehead atoms. The Morgan fingerprint density at radius 3 is 2.65 bits per heavy atom. The van der Waals surface area contributed by atoms with Crippen LogP contribution < -0.4 is 5.73 Å². The summed E-state index contributed by atoms with van der Waals surface area (Å²) < 4.78 is 2.04. The molecule has 4 heteroatoms. The number of aryl methyl sites for hydroxylation is 2. The summed E-state index contributed by atoms with van der Waals surface area (Å²) in [6, 6.07) is 3.82. The molecule has 1 aromatic heterocycles. The van der Waals surface area contributed by atoms with Gasteiger partial charge in [-0.1, -0.05) is 13.8 Å². The maximum absolute atomic E-state index is 11.5. The van der Waals surface area contributed by atoms with Gasteiger partial charge in [0.1, 0.15) is 0 Å². The maximum atomic E-state index is 11.5. The highest BCUT2D eigenvalue weighted by atomic mass is 16.4. The number of fused-ring (bicyclic) bond motifs is 1. The van der Waals surface area contributed by atoms with E-state index in [1.165, 1.54) is 5.56 Å². The highest BCUT2D eigenvalue weighted by Gasteiger charge is 2.18. The predicted molar refractivity (Wildman–Crippen MR) is 81.4 cm³/mol. The normalized spacial score (nSPS) is 11.4. The third kappa shape index (κ3) is 2.56. The molecule has 108 valence electrons. The van der Waals surface area contributed by atoms with E-state index in [9.17, 15) is 9.90 Å². The molecule has 20 heavy (non-hydrogen) atoms. The highest BCUT2D eigenvalue weighted by molar-refractivity contribution is 6.04. The lowest BCUT2D eigenvalue weighted by atomic mass is 9.99. The molecule has 0 aliphatic heterocycles. The van der Waals surface area contributed by atoms with Gasteiger partial charge >= 0.3 is 5.97 Å². The fourth-order valence-corrected chi connectivity index (χ4v) is 2.67. The van der Waals surface area contributed by atoms with E-state index in [4.69, 9.17) is 5.73 Å². The SMILES string of the molecule is Cc1cc(C(=O)O)c2c(c1)c(C(C)C)cn2CCCN. The summed E-state index contributed by atoms with van der Waals surface area (Å²) >= 11 is 0. The van der Waals surface area contributed by atoms with Crippen LogP contribution in [0.4, 0.5) is 0 Å². The molecule has 0 spiro atoms. The number of hydrogen-bond acceptors (Lipinski definition) is 2. The van der Waals surface area contributed by atoms with E-state index in [1.54, 1.807) is 6.07 Å². The summed E-state index contributed by atoms with van der Waals surface area (Å²) in [5.74, 6) is -0.513. The molecule has 2 aromatic rings. The lowest BCUT2D eigenvalue weighted by Crippen LogP contribution is -2.07. The molecule has 0 amide bonds. The summed E-state index contributed by atoms with van der Waals surface area (Å²) in [6.45, 7) is 7.55. The molecule has 0 unspecified atom stereocenters. The third-order valence-electron chi connectivity index (χ3n) is 3.60. The summed E-state index contributed by atoms with van der Waals surface area (Å²) in [5.41, 5.74) is 8.96. The molecule has 1 aromatic carbocycles. The molecule has 0 aliphatic carbocycles. The Morgan fingerprint density at radius 1 is 1.40 bits per heavy atom. The smallest absolute Gasteiger partial charge is 0.337 e. The summed E-state index contributed by atoms with van der Waals surface area (Å²) in [7, 11) is 0. The van der Waals surface area contributed by atoms with E-state index < -0.39 is 5.97 Å². The number of nitrogens with zero attached hydrogens (tertiary/aromatic N) is 1. The summed E-state index contributed by atoms with van der Waals surface area (Å²) in [5, 5.41) is 10.5. The van der Waals surface area contributed by atoms with Crippen molar-refractivity contribution in [1.29, 1.82) is 0 Å². The second-order valence-electron chi connectivity index (χ2n) is 5.59. The van der Waals surface area contributed by atoms with E-state index in [-0.39, 0.29) is 0 Å². The van der Waals surface area contributed by atoms with Crippen LogP contribution >= 0.6 is 0 Å². The Morgan fingerprint density at radius 2 is 2.10 bits per heavy atom. The number of carbonyl (C=O) groups is 1. The van der Waals surface area contributed by atoms with Crippen molar-refractivity contribution in [2.75, 3.05) is 6.54 Å². The van der Waals surface area contributed by atoms with E-state index in [0.717, 1.165) is 29.4 Å². The number of carboxylic acid groups (broad SMARTS) is 1. The van der Waals surface area contributed by atoms with Crippen molar-refractivity contribution in [2.24, 2.45) is 5.73 Å². The summed E-state index contributed by atoms with van der Waals surface area (Å²) in [4.78, 5) is 11.5. The van der Waals surface area contributed by atoms with Crippen LogP contribution in [-0.2, 0) is 6.54 Å².